The van der Waals surface area contributed by atoms with Crippen molar-refractivity contribution in [1.82, 2.24) is 20.1 Å². The molecular weight excluding hydrogens is 360 g/mol. The van der Waals surface area contributed by atoms with E-state index < -0.39 is 0 Å². The molecule has 2 aliphatic heterocycles. The van der Waals surface area contributed by atoms with Crippen molar-refractivity contribution in [2.75, 3.05) is 19.7 Å². The van der Waals surface area contributed by atoms with E-state index in [2.05, 4.69) is 26.6 Å². The van der Waals surface area contributed by atoms with E-state index in [0.29, 0.717) is 24.5 Å². The molecule has 1 saturated heterocycles. The van der Waals surface area contributed by atoms with Gasteiger partial charge < -0.3 is 9.64 Å². The Morgan fingerprint density at radius 2 is 2.11 bits per heavy atom. The van der Waals surface area contributed by atoms with E-state index in [1.165, 1.54) is 10.4 Å². The molecule has 138 valence electrons. The average Bonchev–Trinajstić information content (AvgIpc) is 3.39. The number of thiophene rings is 1. The number of carbonyl (C=O) groups is 1. The number of amides is 1. The van der Waals surface area contributed by atoms with Crippen molar-refractivity contribution in [2.24, 2.45) is 0 Å². The fourth-order valence-corrected chi connectivity index (χ4v) is 5.04. The first kappa shape index (κ1) is 16.6. The van der Waals surface area contributed by atoms with Crippen molar-refractivity contribution in [3.63, 3.8) is 0 Å². The summed E-state index contributed by atoms with van der Waals surface area (Å²) in [5.74, 6) is -0.0131. The molecule has 27 heavy (non-hydrogen) atoms. The number of piperidine rings is 1. The SMILES string of the molecule is O=C(c1cc(-c2ccccn2)n[nH]1)N1CCC2(CC1)OCCc1sccc12. The van der Waals surface area contributed by atoms with E-state index in [-0.39, 0.29) is 11.5 Å². The Labute approximate surface area is 161 Å². The first-order chi connectivity index (χ1) is 13.3. The maximum absolute atomic E-state index is 12.9. The molecule has 5 rings (SSSR count). The second-order valence-electron chi connectivity index (χ2n) is 7.02. The second-order valence-corrected chi connectivity index (χ2v) is 8.02. The molecule has 0 bridgehead atoms. The van der Waals surface area contributed by atoms with Crippen LogP contribution in [0.1, 0.15) is 33.8 Å². The maximum atomic E-state index is 12.9. The Morgan fingerprint density at radius 3 is 2.93 bits per heavy atom. The normalized spacial score (nSPS) is 18.4. The smallest absolute Gasteiger partial charge is 0.271 e. The van der Waals surface area contributed by atoms with E-state index in [1.807, 2.05) is 34.4 Å². The Bertz CT molecular complexity index is 957. The highest BCUT2D eigenvalue weighted by Crippen LogP contribution is 2.43. The number of aromatic amines is 1. The number of aromatic nitrogens is 3. The van der Waals surface area contributed by atoms with Crippen LogP contribution in [0.2, 0.25) is 0 Å². The quantitative estimate of drug-likeness (QED) is 0.741. The van der Waals surface area contributed by atoms with Crippen LogP contribution in [0.25, 0.3) is 11.4 Å². The summed E-state index contributed by atoms with van der Waals surface area (Å²) in [6.45, 7) is 2.15. The summed E-state index contributed by atoms with van der Waals surface area (Å²) in [5, 5.41) is 9.28. The van der Waals surface area contributed by atoms with E-state index in [1.54, 1.807) is 12.3 Å². The topological polar surface area (TPSA) is 71.1 Å². The van der Waals surface area contributed by atoms with E-state index in [0.717, 1.165) is 31.6 Å². The van der Waals surface area contributed by atoms with Crippen LogP contribution < -0.4 is 0 Å². The van der Waals surface area contributed by atoms with Gasteiger partial charge in [-0.05, 0) is 48.1 Å². The van der Waals surface area contributed by atoms with Crippen LogP contribution in [0, 0.1) is 0 Å². The van der Waals surface area contributed by atoms with Gasteiger partial charge in [0.1, 0.15) is 11.4 Å². The number of hydrogen-bond acceptors (Lipinski definition) is 5. The summed E-state index contributed by atoms with van der Waals surface area (Å²) in [7, 11) is 0. The zero-order valence-corrected chi connectivity index (χ0v) is 15.7. The number of rotatable bonds is 2. The van der Waals surface area contributed by atoms with Gasteiger partial charge in [0, 0.05) is 30.6 Å². The Morgan fingerprint density at radius 1 is 1.22 bits per heavy atom. The molecule has 3 aromatic heterocycles. The number of nitrogens with one attached hydrogen (secondary N) is 1. The van der Waals surface area contributed by atoms with Gasteiger partial charge in [0.25, 0.3) is 5.91 Å². The van der Waals surface area contributed by atoms with Gasteiger partial charge in [-0.3, -0.25) is 14.9 Å². The van der Waals surface area contributed by atoms with Crippen molar-refractivity contribution in [1.29, 1.82) is 0 Å². The number of likely N-dealkylation sites (tertiary alicyclic amines) is 1. The predicted octanol–water partition coefficient (Wildman–Crippen LogP) is 3.24. The number of fused-ring (bicyclic) bond motifs is 2. The van der Waals surface area contributed by atoms with Gasteiger partial charge in [0.15, 0.2) is 0 Å². The monoisotopic (exact) mass is 380 g/mol. The van der Waals surface area contributed by atoms with E-state index >= 15 is 0 Å². The summed E-state index contributed by atoms with van der Waals surface area (Å²) < 4.78 is 6.23. The highest BCUT2D eigenvalue weighted by atomic mass is 32.1. The molecule has 0 aliphatic carbocycles. The molecule has 1 N–H and O–H groups in total. The minimum atomic E-state index is -0.211. The number of carbonyl (C=O) groups excluding carboxylic acids is 1. The third-order valence-corrected chi connectivity index (χ3v) is 6.52. The highest BCUT2D eigenvalue weighted by Gasteiger charge is 2.42. The zero-order valence-electron chi connectivity index (χ0n) is 14.9. The van der Waals surface area contributed by atoms with Gasteiger partial charge in [-0.25, -0.2) is 0 Å². The van der Waals surface area contributed by atoms with Crippen molar-refractivity contribution >= 4 is 17.2 Å². The second kappa shape index (κ2) is 6.58. The minimum Gasteiger partial charge on any atom is -0.370 e. The van der Waals surface area contributed by atoms with Crippen LogP contribution in [0.5, 0.6) is 0 Å². The van der Waals surface area contributed by atoms with Crippen LogP contribution in [-0.4, -0.2) is 45.7 Å². The predicted molar refractivity (Wildman–Crippen MR) is 103 cm³/mol. The summed E-state index contributed by atoms with van der Waals surface area (Å²) in [4.78, 5) is 20.5. The zero-order chi connectivity index (χ0) is 18.3. The average molecular weight is 380 g/mol. The van der Waals surface area contributed by atoms with Gasteiger partial charge in [0.05, 0.1) is 17.9 Å². The third kappa shape index (κ3) is 2.87. The molecule has 1 spiro atoms. The van der Waals surface area contributed by atoms with Gasteiger partial charge in [0.2, 0.25) is 0 Å². The first-order valence-corrected chi connectivity index (χ1v) is 10.1. The number of H-pyrrole nitrogens is 1. The lowest BCUT2D eigenvalue weighted by Gasteiger charge is -2.44. The molecule has 0 aromatic carbocycles. The number of hydrogen-bond donors (Lipinski definition) is 1. The molecule has 1 fully saturated rings. The van der Waals surface area contributed by atoms with Crippen LogP contribution >= 0.6 is 11.3 Å². The Balaban J connectivity index is 1.31. The number of pyridine rings is 1. The number of nitrogens with zero attached hydrogens (tertiary/aromatic N) is 3. The molecule has 0 atom stereocenters. The van der Waals surface area contributed by atoms with Gasteiger partial charge in [-0.1, -0.05) is 6.07 Å². The van der Waals surface area contributed by atoms with Crippen molar-refractivity contribution in [3.8, 4) is 11.4 Å². The molecule has 7 heteroatoms. The summed E-state index contributed by atoms with van der Waals surface area (Å²) >= 11 is 1.82. The minimum absolute atomic E-state index is 0.0131. The molecular formula is C20H20N4O2S. The maximum Gasteiger partial charge on any atom is 0.271 e. The molecule has 0 radical (unpaired) electrons. The van der Waals surface area contributed by atoms with Gasteiger partial charge in [-0.2, -0.15) is 5.10 Å². The Hall–Kier alpha value is -2.51. The molecule has 6 nitrogen and oxygen atoms in total. The fourth-order valence-electron chi connectivity index (χ4n) is 4.09. The third-order valence-electron chi connectivity index (χ3n) is 5.54. The van der Waals surface area contributed by atoms with Gasteiger partial charge in [-0.15, -0.1) is 11.3 Å². The molecule has 2 aliphatic rings. The van der Waals surface area contributed by atoms with E-state index in [4.69, 9.17) is 4.74 Å². The lowest BCUT2D eigenvalue weighted by molar-refractivity contribution is -0.0926. The van der Waals surface area contributed by atoms with E-state index in [9.17, 15) is 4.79 Å². The van der Waals surface area contributed by atoms with Crippen LogP contribution in [-0.2, 0) is 16.8 Å². The van der Waals surface area contributed by atoms with Crippen molar-refractivity contribution in [3.05, 3.63) is 58.0 Å². The number of ether oxygens (including phenoxy) is 1. The van der Waals surface area contributed by atoms with Crippen LogP contribution in [0.15, 0.2) is 41.9 Å². The lowest BCUT2D eigenvalue weighted by atomic mass is 9.82. The van der Waals surface area contributed by atoms with Crippen molar-refractivity contribution < 1.29 is 9.53 Å². The van der Waals surface area contributed by atoms with Gasteiger partial charge >= 0.3 is 0 Å². The van der Waals surface area contributed by atoms with Crippen molar-refractivity contribution in [2.45, 2.75) is 24.9 Å². The first-order valence-electron chi connectivity index (χ1n) is 9.22. The standard InChI is InChI=1S/C20H20N4O2S/c25-19(17-13-16(22-23-17)15-3-1-2-8-21-15)24-9-6-20(7-10-24)14-5-12-27-18(14)4-11-26-20/h1-3,5,8,12-13H,4,6-7,9-11H2,(H,22,23). The molecule has 0 saturated carbocycles. The van der Waals surface area contributed by atoms with Crippen LogP contribution in [0.4, 0.5) is 0 Å². The highest BCUT2D eigenvalue weighted by molar-refractivity contribution is 7.10. The largest absolute Gasteiger partial charge is 0.370 e. The Kier molecular flexibility index (Phi) is 4.06. The fraction of sp³-hybridized carbons (Fsp3) is 0.350. The molecule has 0 unspecified atom stereocenters. The molecule has 3 aromatic rings. The molecule has 1 amide bonds. The molecule has 5 heterocycles. The summed E-state index contributed by atoms with van der Waals surface area (Å²) in [6.07, 6.45) is 4.40. The van der Waals surface area contributed by atoms with Crippen LogP contribution in [0.3, 0.4) is 0 Å². The lowest BCUT2D eigenvalue weighted by Crippen LogP contribution is -2.48. The summed E-state index contributed by atoms with van der Waals surface area (Å²) in [6, 6.07) is 9.63. The summed E-state index contributed by atoms with van der Waals surface area (Å²) in [5.41, 5.74) is 3.08.